The van der Waals surface area contributed by atoms with Crippen LogP contribution in [0.2, 0.25) is 0 Å². The van der Waals surface area contributed by atoms with Crippen LogP contribution in [-0.2, 0) is 9.53 Å². The van der Waals surface area contributed by atoms with Crippen LogP contribution in [0.5, 0.6) is 0 Å². The smallest absolute Gasteiger partial charge is 0.227 e. The summed E-state index contributed by atoms with van der Waals surface area (Å²) >= 11 is 0. The number of nitrogens with two attached hydrogens (primary N) is 1. The van der Waals surface area contributed by atoms with Gasteiger partial charge in [-0.3, -0.25) is 4.79 Å². The molecule has 2 aliphatic rings. The summed E-state index contributed by atoms with van der Waals surface area (Å²) in [4.78, 5) is 12.7. The van der Waals surface area contributed by atoms with Gasteiger partial charge in [0.2, 0.25) is 5.91 Å². The summed E-state index contributed by atoms with van der Waals surface area (Å²) in [5.41, 5.74) is 5.71. The number of nitrogens with one attached hydrogen (secondary N) is 1. The predicted molar refractivity (Wildman–Crippen MR) is 84.9 cm³/mol. The molecule has 2 aliphatic carbocycles. The highest BCUT2D eigenvalue weighted by molar-refractivity contribution is 5.83. The van der Waals surface area contributed by atoms with Gasteiger partial charge in [-0.15, -0.1) is 0 Å². The molecule has 1 amide bonds. The number of hydrogen-bond acceptors (Lipinski definition) is 3. The maximum absolute atomic E-state index is 12.7. The number of hydrogen-bond donors (Lipinski definition) is 2. The minimum Gasteiger partial charge on any atom is -0.378 e. The van der Waals surface area contributed by atoms with E-state index in [2.05, 4.69) is 26.1 Å². The van der Waals surface area contributed by atoms with Gasteiger partial charge in [-0.1, -0.05) is 26.7 Å². The topological polar surface area (TPSA) is 64.3 Å². The Morgan fingerprint density at radius 3 is 2.38 bits per heavy atom. The van der Waals surface area contributed by atoms with E-state index in [9.17, 15) is 4.79 Å². The maximum Gasteiger partial charge on any atom is 0.227 e. The number of carbonyl (C=O) groups is 1. The highest BCUT2D eigenvalue weighted by Gasteiger charge is 2.57. The molecule has 4 heteroatoms. The summed E-state index contributed by atoms with van der Waals surface area (Å²) in [6.45, 7) is 7.38. The number of ether oxygens (including phenoxy) is 1. The van der Waals surface area contributed by atoms with Gasteiger partial charge in [0.15, 0.2) is 0 Å². The first-order valence-electron chi connectivity index (χ1n) is 8.71. The highest BCUT2D eigenvalue weighted by atomic mass is 16.5. The highest BCUT2D eigenvalue weighted by Crippen LogP contribution is 2.55. The van der Waals surface area contributed by atoms with Crippen LogP contribution in [0.15, 0.2) is 0 Å². The molecule has 0 saturated heterocycles. The van der Waals surface area contributed by atoms with Gasteiger partial charge in [-0.25, -0.2) is 0 Å². The monoisotopic (exact) mass is 296 g/mol. The Kier molecular flexibility index (Phi) is 5.31. The van der Waals surface area contributed by atoms with Crippen molar-refractivity contribution in [1.29, 1.82) is 0 Å². The zero-order valence-corrected chi connectivity index (χ0v) is 13.9. The van der Waals surface area contributed by atoms with Crippen LogP contribution >= 0.6 is 0 Å². The van der Waals surface area contributed by atoms with Crippen molar-refractivity contribution >= 4 is 5.91 Å². The number of carbonyl (C=O) groups excluding carboxylic acids is 1. The van der Waals surface area contributed by atoms with Crippen LogP contribution in [0.4, 0.5) is 0 Å². The SMILES string of the molecule is CCOC1CC(NC(=O)C(CC)(CC)CN)C12CCCC2. The van der Waals surface area contributed by atoms with E-state index in [0.717, 1.165) is 25.9 Å². The van der Waals surface area contributed by atoms with Crippen molar-refractivity contribution in [1.82, 2.24) is 5.32 Å². The summed E-state index contributed by atoms with van der Waals surface area (Å²) in [6.07, 6.45) is 7.83. The van der Waals surface area contributed by atoms with Gasteiger partial charge in [-0.05, 0) is 39.0 Å². The van der Waals surface area contributed by atoms with Crippen molar-refractivity contribution in [2.75, 3.05) is 13.2 Å². The molecule has 0 aromatic carbocycles. The molecule has 0 aromatic rings. The van der Waals surface area contributed by atoms with Crippen molar-refractivity contribution in [2.24, 2.45) is 16.6 Å². The Balaban J connectivity index is 2.04. The van der Waals surface area contributed by atoms with Gasteiger partial charge in [0.1, 0.15) is 0 Å². The standard InChI is InChI=1S/C17H32N2O2/c1-4-16(5-2,12-18)15(20)19-13-11-14(21-6-3)17(13)9-7-8-10-17/h13-14H,4-12,18H2,1-3H3,(H,19,20). The van der Waals surface area contributed by atoms with E-state index in [0.29, 0.717) is 12.6 Å². The average molecular weight is 296 g/mol. The van der Waals surface area contributed by atoms with Crippen LogP contribution in [0.25, 0.3) is 0 Å². The van der Waals surface area contributed by atoms with Gasteiger partial charge in [0.05, 0.1) is 11.5 Å². The molecule has 2 unspecified atom stereocenters. The molecule has 4 nitrogen and oxygen atoms in total. The van der Waals surface area contributed by atoms with Crippen molar-refractivity contribution in [3.05, 3.63) is 0 Å². The van der Waals surface area contributed by atoms with E-state index in [-0.39, 0.29) is 17.4 Å². The second-order valence-electron chi connectivity index (χ2n) is 6.84. The molecule has 2 atom stereocenters. The van der Waals surface area contributed by atoms with Crippen LogP contribution in [0.1, 0.15) is 65.7 Å². The molecular formula is C17H32N2O2. The van der Waals surface area contributed by atoms with Gasteiger partial charge < -0.3 is 15.8 Å². The minimum absolute atomic E-state index is 0.154. The molecule has 0 aliphatic heterocycles. The van der Waals surface area contributed by atoms with E-state index in [1.54, 1.807) is 0 Å². The Bertz CT molecular complexity index is 352. The summed E-state index contributed by atoms with van der Waals surface area (Å²) < 4.78 is 5.92. The Morgan fingerprint density at radius 1 is 1.29 bits per heavy atom. The fourth-order valence-electron chi connectivity index (χ4n) is 4.35. The molecule has 2 saturated carbocycles. The average Bonchev–Trinajstić information content (AvgIpc) is 3.01. The van der Waals surface area contributed by atoms with E-state index in [1.807, 2.05) is 0 Å². The summed E-state index contributed by atoms with van der Waals surface area (Å²) in [7, 11) is 0. The Labute approximate surface area is 129 Å². The van der Waals surface area contributed by atoms with Crippen molar-refractivity contribution in [3.8, 4) is 0 Å². The molecule has 0 aromatic heterocycles. The molecule has 0 radical (unpaired) electrons. The molecule has 0 heterocycles. The van der Waals surface area contributed by atoms with Gasteiger partial charge in [0, 0.05) is 24.6 Å². The van der Waals surface area contributed by atoms with Gasteiger partial charge >= 0.3 is 0 Å². The lowest BCUT2D eigenvalue weighted by atomic mass is 9.60. The quantitative estimate of drug-likeness (QED) is 0.759. The molecule has 2 fully saturated rings. The van der Waals surface area contributed by atoms with E-state index in [4.69, 9.17) is 10.5 Å². The van der Waals surface area contributed by atoms with Crippen LogP contribution in [0.3, 0.4) is 0 Å². The first-order chi connectivity index (χ1) is 10.1. The van der Waals surface area contributed by atoms with Gasteiger partial charge in [-0.2, -0.15) is 0 Å². The predicted octanol–water partition coefficient (Wildman–Crippen LogP) is 2.61. The summed E-state index contributed by atoms with van der Waals surface area (Å²) in [5.74, 6) is 0.154. The van der Waals surface area contributed by atoms with Crippen molar-refractivity contribution < 1.29 is 9.53 Å². The third-order valence-electron chi connectivity index (χ3n) is 6.22. The minimum atomic E-state index is -0.392. The molecule has 2 rings (SSSR count). The molecule has 0 bridgehead atoms. The van der Waals surface area contributed by atoms with Gasteiger partial charge in [0.25, 0.3) is 0 Å². The largest absolute Gasteiger partial charge is 0.378 e. The fourth-order valence-corrected chi connectivity index (χ4v) is 4.35. The molecule has 21 heavy (non-hydrogen) atoms. The second kappa shape index (κ2) is 6.66. The normalized spacial score (nSPS) is 27.6. The summed E-state index contributed by atoms with van der Waals surface area (Å²) in [5, 5.41) is 3.33. The lowest BCUT2D eigenvalue weighted by Gasteiger charge is -2.54. The molecule has 1 spiro atoms. The maximum atomic E-state index is 12.7. The molecular weight excluding hydrogens is 264 g/mol. The molecule has 3 N–H and O–H groups in total. The van der Waals surface area contributed by atoms with Crippen molar-refractivity contribution in [3.63, 3.8) is 0 Å². The third-order valence-corrected chi connectivity index (χ3v) is 6.22. The van der Waals surface area contributed by atoms with Crippen molar-refractivity contribution in [2.45, 2.75) is 77.9 Å². The zero-order chi connectivity index (χ0) is 15.5. The first kappa shape index (κ1) is 16.8. The van der Waals surface area contributed by atoms with Crippen LogP contribution < -0.4 is 11.1 Å². The van der Waals surface area contributed by atoms with E-state index >= 15 is 0 Å². The Hall–Kier alpha value is -0.610. The van der Waals surface area contributed by atoms with E-state index < -0.39 is 5.41 Å². The second-order valence-corrected chi connectivity index (χ2v) is 6.84. The van der Waals surface area contributed by atoms with Crippen LogP contribution in [0, 0.1) is 10.8 Å². The third kappa shape index (κ3) is 2.72. The molecule has 122 valence electrons. The Morgan fingerprint density at radius 2 is 1.90 bits per heavy atom. The number of amides is 1. The summed E-state index contributed by atoms with van der Waals surface area (Å²) in [6, 6.07) is 0.285. The van der Waals surface area contributed by atoms with E-state index in [1.165, 1.54) is 25.7 Å². The first-order valence-corrected chi connectivity index (χ1v) is 8.71. The zero-order valence-electron chi connectivity index (χ0n) is 13.9. The lowest BCUT2D eigenvalue weighted by Crippen LogP contribution is -2.65. The number of rotatable bonds is 7. The fraction of sp³-hybridized carbons (Fsp3) is 0.941. The lowest BCUT2D eigenvalue weighted by molar-refractivity contribution is -0.150. The van der Waals surface area contributed by atoms with Crippen LogP contribution in [-0.4, -0.2) is 31.2 Å².